The van der Waals surface area contributed by atoms with Crippen LogP contribution in [0, 0.1) is 20.9 Å². The van der Waals surface area contributed by atoms with E-state index in [4.69, 9.17) is 0 Å². The first-order chi connectivity index (χ1) is 2.50. The molecule has 0 radical (unpaired) electrons. The quantitative estimate of drug-likeness (QED) is 0.391. The van der Waals surface area contributed by atoms with Crippen LogP contribution in [0.3, 0.4) is 0 Å². The van der Waals surface area contributed by atoms with Crippen LogP contribution in [0.1, 0.15) is 6.42 Å². The molecule has 0 bridgehead atoms. The molecular weight excluding hydrogens is 246 g/mol. The first-order valence-corrected chi connectivity index (χ1v) is 1.72. The fourth-order valence-corrected chi connectivity index (χ4v) is 0.340. The molecule has 0 aliphatic heterocycles. The molecule has 0 aromatic heterocycles. The molecule has 0 aromatic rings. The van der Waals surface area contributed by atoms with Crippen molar-refractivity contribution >= 4 is 0 Å². The van der Waals surface area contributed by atoms with Gasteiger partial charge in [-0.2, -0.15) is 6.08 Å². The van der Waals surface area contributed by atoms with Crippen LogP contribution in [0.4, 0.5) is 0 Å². The van der Waals surface area contributed by atoms with E-state index < -0.39 is 0 Å². The van der Waals surface area contributed by atoms with E-state index in [2.05, 4.69) is 12.2 Å². The van der Waals surface area contributed by atoms with Gasteiger partial charge in [0.2, 0.25) is 0 Å². The molecule has 1 rings (SSSR count). The third-order valence-corrected chi connectivity index (χ3v) is 0.586. The van der Waals surface area contributed by atoms with Gasteiger partial charge >= 0.3 is 26.2 Å². The molecule has 10 heavy (non-hydrogen) atoms. The van der Waals surface area contributed by atoms with Crippen molar-refractivity contribution in [3.05, 3.63) is 39.2 Å². The molecule has 60 valence electrons. The van der Waals surface area contributed by atoms with Gasteiger partial charge in [-0.05, 0) is 0 Å². The summed E-state index contributed by atoms with van der Waals surface area (Å²) in [5.41, 5.74) is 0. The molecule has 0 saturated carbocycles. The summed E-state index contributed by atoms with van der Waals surface area (Å²) in [7, 11) is 0. The largest absolute Gasteiger partial charge is 2.00 e. The van der Waals surface area contributed by atoms with Crippen LogP contribution in [0.5, 0.6) is 0 Å². The van der Waals surface area contributed by atoms with Gasteiger partial charge in [-0.15, -0.1) is 6.42 Å². The summed E-state index contributed by atoms with van der Waals surface area (Å²) in [6, 6.07) is 0. The van der Waals surface area contributed by atoms with Crippen LogP contribution in [-0.4, -0.2) is 0 Å². The Hall–Kier alpha value is 0.943. The second kappa shape index (κ2) is 22.5. The van der Waals surface area contributed by atoms with Crippen molar-refractivity contribution in [3.63, 3.8) is 0 Å². The minimum Gasteiger partial charge on any atom is -1.00 e. The van der Waals surface area contributed by atoms with Gasteiger partial charge in [0.05, 0.1) is 0 Å². The zero-order chi connectivity index (χ0) is 3.54. The number of halogens is 2. The van der Waals surface area contributed by atoms with Gasteiger partial charge in [0, 0.05) is 0 Å². The van der Waals surface area contributed by atoms with Crippen LogP contribution >= 0.6 is 0 Å². The third kappa shape index (κ3) is 16.0. The zero-order valence-electron chi connectivity index (χ0n) is 6.20. The predicted molar refractivity (Wildman–Crippen MR) is 34.4 cm³/mol. The summed E-state index contributed by atoms with van der Waals surface area (Å²) in [5, 5.41) is 0. The van der Waals surface area contributed by atoms with E-state index >= 15 is 0 Å². The fraction of sp³-hybridized carbons (Fsp3) is 0.143. The summed E-state index contributed by atoms with van der Waals surface area (Å²) in [6.07, 6.45) is 10.0. The molecule has 0 heterocycles. The zero-order valence-corrected chi connectivity index (χ0v) is 10.2. The molecule has 0 spiro atoms. The van der Waals surface area contributed by atoms with E-state index in [0.29, 0.717) is 0 Å². The van der Waals surface area contributed by atoms with Crippen LogP contribution < -0.4 is 24.8 Å². The molecule has 3 heteroatoms. The maximum absolute atomic E-state index is 2.99. The standard InChI is InChI=1S/C5H5.2CH3.2ClH.Zr/c1-2-4-5-3-1;;;;;/h1-3H,4H2;2*1H3;2*1H;/q3*-1;;;+2/p-2. The maximum Gasteiger partial charge on any atom is 2.00 e. The summed E-state index contributed by atoms with van der Waals surface area (Å²) in [6.45, 7) is 0. The monoisotopic (exact) mass is 255 g/mol. The Bertz CT molecular complexity index is 69.7. The van der Waals surface area contributed by atoms with Crippen molar-refractivity contribution in [2.45, 2.75) is 6.42 Å². The maximum atomic E-state index is 2.99. The van der Waals surface area contributed by atoms with Gasteiger partial charge in [0.25, 0.3) is 0 Å². The normalized spacial score (nSPS) is 8.80. The Balaban J connectivity index is -0.0000000167. The van der Waals surface area contributed by atoms with Gasteiger partial charge in [0.15, 0.2) is 0 Å². The smallest absolute Gasteiger partial charge is 1.00 e. The number of hydrogen-bond donors (Lipinski definition) is 0. The molecule has 0 saturated heterocycles. The van der Waals surface area contributed by atoms with Crippen molar-refractivity contribution < 1.29 is 51.0 Å². The van der Waals surface area contributed by atoms with E-state index in [1.807, 2.05) is 12.2 Å². The van der Waals surface area contributed by atoms with E-state index in [1.165, 1.54) is 0 Å². The van der Waals surface area contributed by atoms with Gasteiger partial charge in [-0.1, -0.05) is 0 Å². The van der Waals surface area contributed by atoms with Crippen molar-refractivity contribution in [3.8, 4) is 0 Å². The van der Waals surface area contributed by atoms with Gasteiger partial charge < -0.3 is 39.7 Å². The fourth-order valence-electron chi connectivity index (χ4n) is 0.340. The van der Waals surface area contributed by atoms with Crippen LogP contribution in [0.15, 0.2) is 18.2 Å². The summed E-state index contributed by atoms with van der Waals surface area (Å²) in [4.78, 5) is 0. The Morgan fingerprint density at radius 3 is 1.70 bits per heavy atom. The van der Waals surface area contributed by atoms with Gasteiger partial charge in [-0.25, -0.2) is 12.2 Å². The third-order valence-electron chi connectivity index (χ3n) is 0.586. The second-order valence-electron chi connectivity index (χ2n) is 1.00. The average Bonchev–Trinajstić information content (AvgIpc) is 1.76. The number of hydrogen-bond acceptors (Lipinski definition) is 0. The van der Waals surface area contributed by atoms with Gasteiger partial charge in [0.1, 0.15) is 0 Å². The minimum atomic E-state index is 0. The molecule has 0 atom stereocenters. The molecule has 0 fully saturated rings. The van der Waals surface area contributed by atoms with Crippen LogP contribution in [0.2, 0.25) is 0 Å². The Morgan fingerprint density at radius 1 is 1.10 bits per heavy atom. The molecule has 1 aliphatic rings. The Morgan fingerprint density at radius 2 is 1.60 bits per heavy atom. The minimum absolute atomic E-state index is 0. The van der Waals surface area contributed by atoms with Crippen molar-refractivity contribution in [1.29, 1.82) is 0 Å². The van der Waals surface area contributed by atoms with E-state index in [0.717, 1.165) is 6.42 Å². The summed E-state index contributed by atoms with van der Waals surface area (Å²) < 4.78 is 0. The van der Waals surface area contributed by atoms with E-state index in [9.17, 15) is 0 Å². The van der Waals surface area contributed by atoms with Crippen LogP contribution in [-0.2, 0) is 26.2 Å². The molecule has 0 aromatic carbocycles. The SMILES string of the molecule is [C-]1=CC=CC1.[CH3-].[CH3-].[Cl-].[Cl-].[Zr+2]. The summed E-state index contributed by atoms with van der Waals surface area (Å²) in [5.74, 6) is 0. The Labute approximate surface area is 96.1 Å². The topological polar surface area (TPSA) is 0 Å². The molecular formula is C7H11Cl2Zr-3. The van der Waals surface area contributed by atoms with E-state index in [-0.39, 0.29) is 65.9 Å². The van der Waals surface area contributed by atoms with Crippen LogP contribution in [0.25, 0.3) is 0 Å². The molecule has 0 unspecified atom stereocenters. The number of allylic oxidation sites excluding steroid dienone is 4. The van der Waals surface area contributed by atoms with Crippen molar-refractivity contribution in [2.24, 2.45) is 0 Å². The molecule has 0 amide bonds. The average molecular weight is 257 g/mol. The first-order valence-electron chi connectivity index (χ1n) is 1.72. The summed E-state index contributed by atoms with van der Waals surface area (Å²) >= 11 is 0. The molecule has 1 aliphatic carbocycles. The second-order valence-corrected chi connectivity index (χ2v) is 1.00. The van der Waals surface area contributed by atoms with Crippen molar-refractivity contribution in [2.75, 3.05) is 0 Å². The first kappa shape index (κ1) is 30.6. The predicted octanol–water partition coefficient (Wildman–Crippen LogP) is -3.79. The van der Waals surface area contributed by atoms with Crippen molar-refractivity contribution in [1.82, 2.24) is 0 Å². The number of rotatable bonds is 0. The molecule has 0 nitrogen and oxygen atoms in total. The Kier molecular flexibility index (Phi) is 69.0. The van der Waals surface area contributed by atoms with E-state index in [1.54, 1.807) is 0 Å². The van der Waals surface area contributed by atoms with Gasteiger partial charge in [-0.3, -0.25) is 6.08 Å². The molecule has 0 N–H and O–H groups in total.